The SMILES string of the molecule is CCC(NC1CCCC1CN)C(C)C. The highest BCUT2D eigenvalue weighted by Gasteiger charge is 2.27. The molecule has 1 fully saturated rings. The van der Waals surface area contributed by atoms with Crippen molar-refractivity contribution in [3.05, 3.63) is 0 Å². The first-order chi connectivity index (χ1) is 6.69. The standard InChI is InChI=1S/C12H26N2/c1-4-11(9(2)3)14-12-7-5-6-10(12)8-13/h9-12,14H,4-8,13H2,1-3H3. The van der Waals surface area contributed by atoms with E-state index in [4.69, 9.17) is 5.73 Å². The van der Waals surface area contributed by atoms with Gasteiger partial charge < -0.3 is 11.1 Å². The van der Waals surface area contributed by atoms with Gasteiger partial charge in [0.2, 0.25) is 0 Å². The molecule has 0 aromatic rings. The van der Waals surface area contributed by atoms with Gasteiger partial charge in [-0.3, -0.25) is 0 Å². The van der Waals surface area contributed by atoms with Crippen LogP contribution in [-0.4, -0.2) is 18.6 Å². The summed E-state index contributed by atoms with van der Waals surface area (Å²) in [6.07, 6.45) is 5.23. The second-order valence-electron chi connectivity index (χ2n) is 4.96. The molecule has 3 N–H and O–H groups in total. The summed E-state index contributed by atoms with van der Waals surface area (Å²) in [7, 11) is 0. The van der Waals surface area contributed by atoms with Gasteiger partial charge in [0, 0.05) is 12.1 Å². The summed E-state index contributed by atoms with van der Waals surface area (Å²) in [5.74, 6) is 1.46. The zero-order chi connectivity index (χ0) is 10.6. The van der Waals surface area contributed by atoms with Crippen LogP contribution in [0.4, 0.5) is 0 Å². The van der Waals surface area contributed by atoms with Gasteiger partial charge in [-0.2, -0.15) is 0 Å². The van der Waals surface area contributed by atoms with E-state index in [2.05, 4.69) is 26.1 Å². The van der Waals surface area contributed by atoms with E-state index in [1.54, 1.807) is 0 Å². The minimum atomic E-state index is 0.673. The van der Waals surface area contributed by atoms with Crippen molar-refractivity contribution in [2.24, 2.45) is 17.6 Å². The Kier molecular flexibility index (Phi) is 4.90. The number of hydrogen-bond donors (Lipinski definition) is 2. The molecular formula is C12H26N2. The minimum Gasteiger partial charge on any atom is -0.330 e. The first-order valence-corrected chi connectivity index (χ1v) is 6.15. The normalized spacial score (nSPS) is 29.8. The van der Waals surface area contributed by atoms with Crippen molar-refractivity contribution < 1.29 is 0 Å². The second-order valence-corrected chi connectivity index (χ2v) is 4.96. The van der Waals surface area contributed by atoms with Crippen molar-refractivity contribution >= 4 is 0 Å². The van der Waals surface area contributed by atoms with Crippen molar-refractivity contribution in [2.75, 3.05) is 6.54 Å². The van der Waals surface area contributed by atoms with E-state index in [1.807, 2.05) is 0 Å². The van der Waals surface area contributed by atoms with Crippen molar-refractivity contribution in [1.82, 2.24) is 5.32 Å². The van der Waals surface area contributed by atoms with Crippen LogP contribution in [0.1, 0.15) is 46.5 Å². The van der Waals surface area contributed by atoms with Gasteiger partial charge in [0.25, 0.3) is 0 Å². The number of hydrogen-bond acceptors (Lipinski definition) is 2. The molecule has 1 aliphatic rings. The summed E-state index contributed by atoms with van der Waals surface area (Å²) in [5.41, 5.74) is 5.78. The molecule has 0 spiro atoms. The highest BCUT2D eigenvalue weighted by molar-refractivity contribution is 4.86. The zero-order valence-corrected chi connectivity index (χ0v) is 9.92. The molecule has 3 atom stereocenters. The summed E-state index contributed by atoms with van der Waals surface area (Å²) in [5, 5.41) is 3.79. The van der Waals surface area contributed by atoms with E-state index in [0.29, 0.717) is 12.1 Å². The predicted octanol–water partition coefficient (Wildman–Crippen LogP) is 2.14. The topological polar surface area (TPSA) is 38.0 Å². The van der Waals surface area contributed by atoms with Crippen LogP contribution in [0, 0.1) is 11.8 Å². The van der Waals surface area contributed by atoms with Crippen LogP contribution in [0.25, 0.3) is 0 Å². The smallest absolute Gasteiger partial charge is 0.0110 e. The first-order valence-electron chi connectivity index (χ1n) is 6.15. The van der Waals surface area contributed by atoms with Crippen LogP contribution in [0.3, 0.4) is 0 Å². The molecule has 14 heavy (non-hydrogen) atoms. The molecule has 2 heteroatoms. The summed E-state index contributed by atoms with van der Waals surface area (Å²) in [4.78, 5) is 0. The lowest BCUT2D eigenvalue weighted by Gasteiger charge is -2.28. The second kappa shape index (κ2) is 5.72. The Balaban J connectivity index is 2.41. The molecule has 1 aliphatic carbocycles. The fourth-order valence-corrected chi connectivity index (χ4v) is 2.60. The summed E-state index contributed by atoms with van der Waals surface area (Å²) < 4.78 is 0. The summed E-state index contributed by atoms with van der Waals surface area (Å²) in [6.45, 7) is 7.72. The van der Waals surface area contributed by atoms with Crippen molar-refractivity contribution in [2.45, 2.75) is 58.5 Å². The Labute approximate surface area is 88.6 Å². The molecule has 84 valence electrons. The maximum atomic E-state index is 5.78. The first kappa shape index (κ1) is 12.0. The van der Waals surface area contributed by atoms with Crippen LogP contribution < -0.4 is 11.1 Å². The number of nitrogens with one attached hydrogen (secondary N) is 1. The Morgan fingerprint density at radius 2 is 2.07 bits per heavy atom. The van der Waals surface area contributed by atoms with Crippen LogP contribution in [-0.2, 0) is 0 Å². The van der Waals surface area contributed by atoms with Crippen LogP contribution in [0.5, 0.6) is 0 Å². The molecule has 0 radical (unpaired) electrons. The van der Waals surface area contributed by atoms with Gasteiger partial charge in [0.1, 0.15) is 0 Å². The fourth-order valence-electron chi connectivity index (χ4n) is 2.60. The lowest BCUT2D eigenvalue weighted by atomic mass is 9.97. The van der Waals surface area contributed by atoms with Gasteiger partial charge >= 0.3 is 0 Å². The molecular weight excluding hydrogens is 172 g/mol. The Morgan fingerprint density at radius 3 is 2.57 bits per heavy atom. The quantitative estimate of drug-likeness (QED) is 0.710. The highest BCUT2D eigenvalue weighted by atomic mass is 15.0. The summed E-state index contributed by atoms with van der Waals surface area (Å²) >= 11 is 0. The lowest BCUT2D eigenvalue weighted by Crippen LogP contribution is -2.44. The van der Waals surface area contributed by atoms with Crippen molar-refractivity contribution in [1.29, 1.82) is 0 Å². The monoisotopic (exact) mass is 198 g/mol. The van der Waals surface area contributed by atoms with Gasteiger partial charge in [-0.05, 0) is 37.6 Å². The Hall–Kier alpha value is -0.0800. The predicted molar refractivity (Wildman–Crippen MR) is 62.2 cm³/mol. The van der Waals surface area contributed by atoms with Crippen LogP contribution in [0.15, 0.2) is 0 Å². The van der Waals surface area contributed by atoms with E-state index in [-0.39, 0.29) is 0 Å². The molecule has 3 unspecified atom stereocenters. The van der Waals surface area contributed by atoms with Gasteiger partial charge in [-0.15, -0.1) is 0 Å². The van der Waals surface area contributed by atoms with E-state index < -0.39 is 0 Å². The average Bonchev–Trinajstić information content (AvgIpc) is 2.60. The zero-order valence-electron chi connectivity index (χ0n) is 9.92. The van der Waals surface area contributed by atoms with Crippen LogP contribution >= 0.6 is 0 Å². The highest BCUT2D eigenvalue weighted by Crippen LogP contribution is 2.25. The third-order valence-corrected chi connectivity index (χ3v) is 3.63. The third-order valence-electron chi connectivity index (χ3n) is 3.63. The molecule has 0 amide bonds. The van der Waals surface area contributed by atoms with Gasteiger partial charge in [0.15, 0.2) is 0 Å². The van der Waals surface area contributed by atoms with Crippen LogP contribution in [0.2, 0.25) is 0 Å². The average molecular weight is 198 g/mol. The van der Waals surface area contributed by atoms with E-state index in [9.17, 15) is 0 Å². The Bertz CT molecular complexity index is 156. The largest absolute Gasteiger partial charge is 0.330 e. The Morgan fingerprint density at radius 1 is 1.36 bits per heavy atom. The molecule has 1 saturated carbocycles. The molecule has 0 aromatic carbocycles. The molecule has 2 nitrogen and oxygen atoms in total. The van der Waals surface area contributed by atoms with Crippen molar-refractivity contribution in [3.8, 4) is 0 Å². The minimum absolute atomic E-state index is 0.673. The van der Waals surface area contributed by atoms with E-state index in [1.165, 1.54) is 25.7 Å². The maximum Gasteiger partial charge on any atom is 0.0110 e. The molecule has 0 saturated heterocycles. The molecule has 0 heterocycles. The summed E-state index contributed by atoms with van der Waals surface area (Å²) in [6, 6.07) is 1.36. The van der Waals surface area contributed by atoms with E-state index in [0.717, 1.165) is 18.4 Å². The maximum absolute atomic E-state index is 5.78. The van der Waals surface area contributed by atoms with Gasteiger partial charge in [-0.1, -0.05) is 27.2 Å². The number of rotatable bonds is 5. The third kappa shape index (κ3) is 2.96. The van der Waals surface area contributed by atoms with Crippen molar-refractivity contribution in [3.63, 3.8) is 0 Å². The fraction of sp³-hybridized carbons (Fsp3) is 1.00. The molecule has 0 bridgehead atoms. The van der Waals surface area contributed by atoms with Gasteiger partial charge in [0.05, 0.1) is 0 Å². The molecule has 1 rings (SSSR count). The molecule has 0 aromatic heterocycles. The van der Waals surface area contributed by atoms with Gasteiger partial charge in [-0.25, -0.2) is 0 Å². The lowest BCUT2D eigenvalue weighted by molar-refractivity contribution is 0.305. The van der Waals surface area contributed by atoms with E-state index >= 15 is 0 Å². The molecule has 0 aliphatic heterocycles. The number of nitrogens with two attached hydrogens (primary N) is 1.